The summed E-state index contributed by atoms with van der Waals surface area (Å²) in [4.78, 5) is 17.5. The zero-order chi connectivity index (χ0) is 21.1. The molecule has 8 heteroatoms. The molecule has 2 atom stereocenters. The van der Waals surface area contributed by atoms with Gasteiger partial charge in [-0.3, -0.25) is 8.73 Å². The van der Waals surface area contributed by atoms with Crippen LogP contribution in [0.2, 0.25) is 0 Å². The second kappa shape index (κ2) is 19.6. The summed E-state index contributed by atoms with van der Waals surface area (Å²) in [7, 11) is -5.62. The van der Waals surface area contributed by atoms with Crippen molar-refractivity contribution in [3.63, 3.8) is 0 Å². The van der Waals surface area contributed by atoms with Crippen LogP contribution in [-0.2, 0) is 19.9 Å². The van der Waals surface area contributed by atoms with Gasteiger partial charge in [-0.2, -0.15) is 11.8 Å². The summed E-state index contributed by atoms with van der Waals surface area (Å²) in [6, 6.07) is 0. The van der Waals surface area contributed by atoms with E-state index in [0.717, 1.165) is 12.2 Å². The fourth-order valence-electron chi connectivity index (χ4n) is 3.03. The molecule has 28 heavy (non-hydrogen) atoms. The van der Waals surface area contributed by atoms with Crippen molar-refractivity contribution in [2.75, 3.05) is 24.4 Å². The molecule has 170 valence electrons. The SMILES string of the molecule is CCCCCCCCCCCCCCCCSCC(COP(=O)(O)O)S(C)=O. The first-order valence-corrected chi connectivity index (χ1v) is 15.3. The van der Waals surface area contributed by atoms with E-state index in [-0.39, 0.29) is 11.9 Å². The molecule has 0 fully saturated rings. The van der Waals surface area contributed by atoms with Gasteiger partial charge >= 0.3 is 7.82 Å². The molecule has 0 aliphatic rings. The van der Waals surface area contributed by atoms with Crippen LogP contribution in [0.4, 0.5) is 0 Å². The molecule has 0 aromatic rings. The largest absolute Gasteiger partial charge is 0.469 e. The third kappa shape index (κ3) is 21.3. The Morgan fingerprint density at radius 3 is 1.68 bits per heavy atom. The molecule has 5 nitrogen and oxygen atoms in total. The lowest BCUT2D eigenvalue weighted by molar-refractivity contribution is 0.199. The zero-order valence-electron chi connectivity index (χ0n) is 18.0. The molecule has 0 radical (unpaired) electrons. The van der Waals surface area contributed by atoms with E-state index in [0.29, 0.717) is 5.75 Å². The Balaban J connectivity index is 3.38. The fourth-order valence-corrected chi connectivity index (χ4v) is 5.76. The number of phosphoric acid groups is 1. The highest BCUT2D eigenvalue weighted by Crippen LogP contribution is 2.36. The first-order valence-electron chi connectivity index (χ1n) is 11.0. The zero-order valence-corrected chi connectivity index (χ0v) is 20.5. The Morgan fingerprint density at radius 2 is 1.29 bits per heavy atom. The molecule has 0 spiro atoms. The van der Waals surface area contributed by atoms with Crippen molar-refractivity contribution in [1.82, 2.24) is 0 Å². The Bertz CT molecular complexity index is 417. The molecule has 0 bridgehead atoms. The van der Waals surface area contributed by atoms with Crippen LogP contribution in [0, 0.1) is 0 Å². The van der Waals surface area contributed by atoms with Gasteiger partial charge in [0.2, 0.25) is 0 Å². The van der Waals surface area contributed by atoms with E-state index < -0.39 is 18.6 Å². The van der Waals surface area contributed by atoms with Crippen LogP contribution >= 0.6 is 19.6 Å². The predicted octanol–water partition coefficient (Wildman–Crippen LogP) is 6.06. The molecule has 0 aliphatic carbocycles. The molecule has 0 amide bonds. The molecule has 2 N–H and O–H groups in total. The highest BCUT2D eigenvalue weighted by molar-refractivity contribution is 8.00. The van der Waals surface area contributed by atoms with Gasteiger partial charge in [0.15, 0.2) is 0 Å². The summed E-state index contributed by atoms with van der Waals surface area (Å²) in [5, 5.41) is -0.329. The lowest BCUT2D eigenvalue weighted by atomic mass is 10.0. The normalized spacial score (nSPS) is 14.3. The van der Waals surface area contributed by atoms with E-state index in [2.05, 4.69) is 11.4 Å². The van der Waals surface area contributed by atoms with Gasteiger partial charge in [-0.1, -0.05) is 90.4 Å². The van der Waals surface area contributed by atoms with Gasteiger partial charge in [-0.05, 0) is 12.2 Å². The molecule has 0 heterocycles. The fraction of sp³-hybridized carbons (Fsp3) is 1.00. The Hall–Kier alpha value is 0.610. The summed E-state index contributed by atoms with van der Waals surface area (Å²) >= 11 is 1.70. The van der Waals surface area contributed by atoms with Crippen molar-refractivity contribution in [3.05, 3.63) is 0 Å². The van der Waals surface area contributed by atoms with Crippen molar-refractivity contribution in [2.45, 2.75) is 102 Å². The van der Waals surface area contributed by atoms with Crippen molar-refractivity contribution in [2.24, 2.45) is 0 Å². The van der Waals surface area contributed by atoms with Gasteiger partial charge in [0.05, 0.1) is 11.9 Å². The van der Waals surface area contributed by atoms with Crippen LogP contribution < -0.4 is 0 Å². The number of rotatable bonds is 21. The summed E-state index contributed by atoms with van der Waals surface area (Å²) in [5.41, 5.74) is 0. The van der Waals surface area contributed by atoms with Crippen molar-refractivity contribution < 1.29 is 23.1 Å². The van der Waals surface area contributed by atoms with Crippen LogP contribution in [0.1, 0.15) is 96.8 Å². The topological polar surface area (TPSA) is 83.8 Å². The van der Waals surface area contributed by atoms with Crippen LogP contribution in [0.5, 0.6) is 0 Å². The minimum absolute atomic E-state index is 0.154. The van der Waals surface area contributed by atoms with Gasteiger partial charge < -0.3 is 9.79 Å². The van der Waals surface area contributed by atoms with Crippen LogP contribution in [0.25, 0.3) is 0 Å². The van der Waals surface area contributed by atoms with E-state index in [1.807, 2.05) is 0 Å². The number of hydrogen-bond donors (Lipinski definition) is 2. The van der Waals surface area contributed by atoms with Crippen LogP contribution in [0.3, 0.4) is 0 Å². The number of thioether (sulfide) groups is 1. The quantitative estimate of drug-likeness (QED) is 0.161. The van der Waals surface area contributed by atoms with E-state index in [4.69, 9.17) is 9.79 Å². The summed E-state index contributed by atoms with van der Waals surface area (Å²) in [5.74, 6) is 1.61. The molecule has 0 aromatic heterocycles. The lowest BCUT2D eigenvalue weighted by Crippen LogP contribution is -2.23. The Labute approximate surface area is 179 Å². The van der Waals surface area contributed by atoms with Gasteiger partial charge in [-0.15, -0.1) is 0 Å². The average Bonchev–Trinajstić information content (AvgIpc) is 2.62. The van der Waals surface area contributed by atoms with Crippen molar-refractivity contribution in [3.8, 4) is 0 Å². The number of unbranched alkanes of at least 4 members (excludes halogenated alkanes) is 13. The first kappa shape index (κ1) is 28.6. The molecular formula is C20H43O5PS2. The maximum atomic E-state index is 11.6. The monoisotopic (exact) mass is 458 g/mol. The van der Waals surface area contributed by atoms with Crippen molar-refractivity contribution >= 4 is 30.4 Å². The van der Waals surface area contributed by atoms with Gasteiger partial charge in [-0.25, -0.2) is 4.57 Å². The van der Waals surface area contributed by atoms with Crippen LogP contribution in [0.15, 0.2) is 0 Å². The van der Waals surface area contributed by atoms with E-state index in [1.165, 1.54) is 83.5 Å². The summed E-state index contributed by atoms with van der Waals surface area (Å²) in [6.45, 7) is 2.11. The van der Waals surface area contributed by atoms with E-state index in [9.17, 15) is 8.77 Å². The first-order chi connectivity index (χ1) is 13.4. The van der Waals surface area contributed by atoms with Gasteiger partial charge in [0.1, 0.15) is 0 Å². The van der Waals surface area contributed by atoms with Gasteiger partial charge in [0.25, 0.3) is 0 Å². The minimum Gasteiger partial charge on any atom is -0.303 e. The average molecular weight is 459 g/mol. The van der Waals surface area contributed by atoms with Gasteiger partial charge in [0, 0.05) is 22.8 Å². The molecule has 0 aromatic carbocycles. The Kier molecular flexibility index (Phi) is 20.0. The van der Waals surface area contributed by atoms with E-state index in [1.54, 1.807) is 18.0 Å². The molecule has 2 unspecified atom stereocenters. The molecule has 0 aliphatic heterocycles. The van der Waals surface area contributed by atoms with E-state index >= 15 is 0 Å². The lowest BCUT2D eigenvalue weighted by Gasteiger charge is -2.14. The van der Waals surface area contributed by atoms with Crippen LogP contribution in [-0.4, -0.2) is 43.6 Å². The minimum atomic E-state index is -4.48. The molecular weight excluding hydrogens is 415 g/mol. The summed E-state index contributed by atoms with van der Waals surface area (Å²) < 4.78 is 26.9. The third-order valence-electron chi connectivity index (χ3n) is 4.84. The third-order valence-corrected chi connectivity index (χ3v) is 8.00. The Morgan fingerprint density at radius 1 is 0.857 bits per heavy atom. The smallest absolute Gasteiger partial charge is 0.303 e. The number of phosphoric ester groups is 1. The molecule has 0 saturated carbocycles. The maximum absolute atomic E-state index is 11.6. The second-order valence-corrected chi connectivity index (χ2v) is 11.6. The summed E-state index contributed by atoms with van der Waals surface area (Å²) in [6.07, 6.45) is 20.4. The highest BCUT2D eigenvalue weighted by atomic mass is 32.2. The molecule has 0 saturated heterocycles. The highest BCUT2D eigenvalue weighted by Gasteiger charge is 2.20. The second-order valence-electron chi connectivity index (χ2n) is 7.58. The molecule has 0 rings (SSSR count). The predicted molar refractivity (Wildman–Crippen MR) is 123 cm³/mol. The maximum Gasteiger partial charge on any atom is 0.469 e. The number of hydrogen-bond acceptors (Lipinski definition) is 4. The van der Waals surface area contributed by atoms with Crippen molar-refractivity contribution in [1.29, 1.82) is 0 Å². The standard InChI is InChI=1S/C20H43O5PS2/c1-3-4-5-6-7-8-9-10-11-12-13-14-15-16-17-27-19-20(28(2)24)18-25-26(21,22)23/h20H,3-19H2,1-2H3,(H2,21,22,23).